The fourth-order valence-electron chi connectivity index (χ4n) is 2.08. The Morgan fingerprint density at radius 1 is 1.05 bits per heavy atom. The van der Waals surface area contributed by atoms with Crippen LogP contribution in [0.15, 0.2) is 59.5 Å². The smallest absolute Gasteiger partial charge is 0.240 e. The van der Waals surface area contributed by atoms with Crippen molar-refractivity contribution < 1.29 is 8.42 Å². The summed E-state index contributed by atoms with van der Waals surface area (Å²) in [6, 6.07) is 16.2. The van der Waals surface area contributed by atoms with Gasteiger partial charge in [0.1, 0.15) is 0 Å². The third-order valence-corrected chi connectivity index (χ3v) is 4.80. The van der Waals surface area contributed by atoms with Gasteiger partial charge in [0.15, 0.2) is 0 Å². The fraction of sp³-hybridized carbons (Fsp3) is 0.250. The van der Waals surface area contributed by atoms with Crippen LogP contribution in [-0.2, 0) is 16.4 Å². The first-order valence-corrected chi connectivity index (χ1v) is 8.32. The van der Waals surface area contributed by atoms with Crippen LogP contribution in [0, 0.1) is 6.92 Å². The number of nitrogens with one attached hydrogen (secondary N) is 1. The van der Waals surface area contributed by atoms with Crippen molar-refractivity contribution in [3.05, 3.63) is 65.7 Å². The van der Waals surface area contributed by atoms with Crippen LogP contribution in [0.2, 0.25) is 0 Å². The Balaban J connectivity index is 2.12. The third-order valence-electron chi connectivity index (χ3n) is 3.26. The minimum absolute atomic E-state index is 0.250. The highest BCUT2D eigenvalue weighted by Crippen LogP contribution is 2.11. The van der Waals surface area contributed by atoms with Gasteiger partial charge >= 0.3 is 0 Å². The van der Waals surface area contributed by atoms with Crippen LogP contribution in [-0.4, -0.2) is 21.0 Å². The number of sulfonamides is 1. The standard InChI is InChI=1S/C16H20N2O2S/c1-13-7-9-16(10-8-13)21(19,20)18-15(12-17)11-14-5-3-2-4-6-14/h2-10,15,18H,11-12,17H2,1H3/t15-/m0/s1. The zero-order valence-electron chi connectivity index (χ0n) is 12.0. The lowest BCUT2D eigenvalue weighted by atomic mass is 10.1. The van der Waals surface area contributed by atoms with E-state index in [4.69, 9.17) is 5.73 Å². The normalized spacial score (nSPS) is 13.0. The molecular formula is C16H20N2O2S. The molecule has 0 aliphatic heterocycles. The molecule has 3 N–H and O–H groups in total. The molecule has 0 aliphatic rings. The van der Waals surface area contributed by atoms with Crippen molar-refractivity contribution in [2.75, 3.05) is 6.54 Å². The summed E-state index contributed by atoms with van der Waals surface area (Å²) < 4.78 is 27.3. The number of nitrogens with two attached hydrogens (primary N) is 1. The van der Waals surface area contributed by atoms with Crippen molar-refractivity contribution in [3.63, 3.8) is 0 Å². The molecule has 4 nitrogen and oxygen atoms in total. The Bertz CT molecular complexity index is 667. The van der Waals surface area contributed by atoms with Crippen LogP contribution in [0.25, 0.3) is 0 Å². The van der Waals surface area contributed by atoms with Crippen molar-refractivity contribution in [2.24, 2.45) is 5.73 Å². The molecule has 0 amide bonds. The van der Waals surface area contributed by atoms with Crippen LogP contribution in [0.1, 0.15) is 11.1 Å². The molecule has 0 radical (unpaired) electrons. The van der Waals surface area contributed by atoms with Crippen LogP contribution in [0.3, 0.4) is 0 Å². The number of aryl methyl sites for hydroxylation is 1. The number of rotatable bonds is 6. The zero-order valence-corrected chi connectivity index (χ0v) is 12.8. The van der Waals surface area contributed by atoms with Crippen LogP contribution >= 0.6 is 0 Å². The molecule has 0 aliphatic carbocycles. The average Bonchev–Trinajstić information content (AvgIpc) is 2.48. The Hall–Kier alpha value is -1.69. The van der Waals surface area contributed by atoms with Gasteiger partial charge in [-0.2, -0.15) is 0 Å². The van der Waals surface area contributed by atoms with Gasteiger partial charge in [-0.25, -0.2) is 13.1 Å². The summed E-state index contributed by atoms with van der Waals surface area (Å²) in [5.74, 6) is 0. The molecule has 1 atom stereocenters. The second-order valence-electron chi connectivity index (χ2n) is 5.06. The van der Waals surface area contributed by atoms with E-state index in [1.165, 1.54) is 0 Å². The zero-order chi connectivity index (χ0) is 15.3. The van der Waals surface area contributed by atoms with E-state index in [9.17, 15) is 8.42 Å². The quantitative estimate of drug-likeness (QED) is 0.855. The summed E-state index contributed by atoms with van der Waals surface area (Å²) >= 11 is 0. The molecule has 2 rings (SSSR count). The van der Waals surface area contributed by atoms with Crippen LogP contribution in [0.4, 0.5) is 0 Å². The van der Waals surface area contributed by atoms with Gasteiger partial charge in [0.2, 0.25) is 10.0 Å². The lowest BCUT2D eigenvalue weighted by Gasteiger charge is -2.17. The monoisotopic (exact) mass is 304 g/mol. The van der Waals surface area contributed by atoms with Gasteiger partial charge in [-0.1, -0.05) is 48.0 Å². The SMILES string of the molecule is Cc1ccc(S(=O)(=O)N[C@H](CN)Cc2ccccc2)cc1. The molecular weight excluding hydrogens is 284 g/mol. The lowest BCUT2D eigenvalue weighted by molar-refractivity contribution is 0.548. The molecule has 2 aromatic carbocycles. The minimum atomic E-state index is -3.54. The van der Waals surface area contributed by atoms with Gasteiger partial charge in [-0.3, -0.25) is 0 Å². The molecule has 0 bridgehead atoms. The lowest BCUT2D eigenvalue weighted by Crippen LogP contribution is -2.41. The molecule has 0 unspecified atom stereocenters. The van der Waals surface area contributed by atoms with E-state index < -0.39 is 10.0 Å². The summed E-state index contributed by atoms with van der Waals surface area (Å²) in [4.78, 5) is 0.264. The first-order valence-electron chi connectivity index (χ1n) is 6.84. The maximum Gasteiger partial charge on any atom is 0.240 e. The second-order valence-corrected chi connectivity index (χ2v) is 6.77. The Morgan fingerprint density at radius 2 is 1.67 bits per heavy atom. The van der Waals surface area contributed by atoms with E-state index in [1.807, 2.05) is 37.3 Å². The van der Waals surface area contributed by atoms with Crippen LogP contribution in [0.5, 0.6) is 0 Å². The summed E-state index contributed by atoms with van der Waals surface area (Å²) in [6.07, 6.45) is 0.572. The topological polar surface area (TPSA) is 72.2 Å². The Kier molecular flexibility index (Phi) is 5.12. The van der Waals surface area contributed by atoms with E-state index in [0.717, 1.165) is 11.1 Å². The molecule has 0 saturated carbocycles. The number of hydrogen-bond acceptors (Lipinski definition) is 3. The van der Waals surface area contributed by atoms with Gasteiger partial charge in [-0.15, -0.1) is 0 Å². The van der Waals surface area contributed by atoms with E-state index >= 15 is 0 Å². The van der Waals surface area contributed by atoms with Crippen molar-refractivity contribution in [1.82, 2.24) is 4.72 Å². The van der Waals surface area contributed by atoms with Crippen molar-refractivity contribution in [2.45, 2.75) is 24.3 Å². The van der Waals surface area contributed by atoms with Crippen molar-refractivity contribution >= 4 is 10.0 Å². The highest BCUT2D eigenvalue weighted by Gasteiger charge is 2.19. The summed E-state index contributed by atoms with van der Waals surface area (Å²) in [5.41, 5.74) is 7.78. The molecule has 112 valence electrons. The minimum Gasteiger partial charge on any atom is -0.329 e. The van der Waals surface area contributed by atoms with Gasteiger partial charge in [0.05, 0.1) is 4.90 Å². The Labute approximate surface area is 126 Å². The molecule has 0 heterocycles. The number of benzene rings is 2. The Morgan fingerprint density at radius 3 is 2.24 bits per heavy atom. The largest absolute Gasteiger partial charge is 0.329 e. The van der Waals surface area contributed by atoms with E-state index in [0.29, 0.717) is 6.42 Å². The van der Waals surface area contributed by atoms with Crippen molar-refractivity contribution in [3.8, 4) is 0 Å². The highest BCUT2D eigenvalue weighted by atomic mass is 32.2. The first-order chi connectivity index (χ1) is 10.0. The molecule has 5 heteroatoms. The van der Waals surface area contributed by atoms with Gasteiger partial charge in [0, 0.05) is 12.6 Å². The van der Waals surface area contributed by atoms with Crippen LogP contribution < -0.4 is 10.5 Å². The van der Waals surface area contributed by atoms with Gasteiger partial charge in [0.25, 0.3) is 0 Å². The van der Waals surface area contributed by atoms with E-state index in [-0.39, 0.29) is 17.5 Å². The van der Waals surface area contributed by atoms with Crippen molar-refractivity contribution in [1.29, 1.82) is 0 Å². The molecule has 0 fully saturated rings. The summed E-state index contributed by atoms with van der Waals surface area (Å²) in [5, 5.41) is 0. The maximum atomic E-state index is 12.3. The first kappa shape index (κ1) is 15.7. The fourth-order valence-corrected chi connectivity index (χ4v) is 3.33. The predicted octanol–water partition coefficient (Wildman–Crippen LogP) is 1.84. The maximum absolute atomic E-state index is 12.3. The second kappa shape index (κ2) is 6.85. The van der Waals surface area contributed by atoms with Gasteiger partial charge < -0.3 is 5.73 Å². The molecule has 0 spiro atoms. The summed E-state index contributed by atoms with van der Waals surface area (Å²) in [7, 11) is -3.54. The third kappa shape index (κ3) is 4.39. The van der Waals surface area contributed by atoms with Gasteiger partial charge in [-0.05, 0) is 31.0 Å². The molecule has 0 saturated heterocycles. The molecule has 0 aromatic heterocycles. The number of hydrogen-bond donors (Lipinski definition) is 2. The molecule has 2 aromatic rings. The predicted molar refractivity (Wildman–Crippen MR) is 84.5 cm³/mol. The molecule has 21 heavy (non-hydrogen) atoms. The average molecular weight is 304 g/mol. The highest BCUT2D eigenvalue weighted by molar-refractivity contribution is 7.89. The summed E-state index contributed by atoms with van der Waals surface area (Å²) in [6.45, 7) is 2.17. The van der Waals surface area contributed by atoms with E-state index in [2.05, 4.69) is 4.72 Å². The van der Waals surface area contributed by atoms with E-state index in [1.54, 1.807) is 24.3 Å².